The third-order valence-electron chi connectivity index (χ3n) is 7.30. The third kappa shape index (κ3) is 4.88. The number of nitrogens with zero attached hydrogens (tertiary/aromatic N) is 2. The molecule has 0 aliphatic carbocycles. The highest BCUT2D eigenvalue weighted by atomic mass is 19.1. The Bertz CT molecular complexity index is 1210. The van der Waals surface area contributed by atoms with Gasteiger partial charge in [-0.25, -0.2) is 4.39 Å². The molecule has 2 aliphatic rings. The van der Waals surface area contributed by atoms with E-state index in [1.165, 1.54) is 17.7 Å². The second-order valence-electron chi connectivity index (χ2n) is 9.32. The largest absolute Gasteiger partial charge is 0.497 e. The number of methoxy groups -OCH3 is 2. The van der Waals surface area contributed by atoms with Gasteiger partial charge in [0, 0.05) is 49.5 Å². The van der Waals surface area contributed by atoms with Crippen molar-refractivity contribution < 1.29 is 18.7 Å². The van der Waals surface area contributed by atoms with E-state index in [9.17, 15) is 9.18 Å². The lowest BCUT2D eigenvalue weighted by atomic mass is 9.88. The number of para-hydroxylation sites is 1. The van der Waals surface area contributed by atoms with E-state index in [0.717, 1.165) is 43.1 Å². The summed E-state index contributed by atoms with van der Waals surface area (Å²) in [4.78, 5) is 18.4. The molecule has 0 bridgehead atoms. The minimum Gasteiger partial charge on any atom is -0.497 e. The first kappa shape index (κ1) is 24.1. The molecule has 0 saturated carbocycles. The van der Waals surface area contributed by atoms with Gasteiger partial charge in [-0.05, 0) is 60.9 Å². The molecule has 2 aliphatic heterocycles. The van der Waals surface area contributed by atoms with Crippen molar-refractivity contribution in [3.8, 4) is 11.5 Å². The number of piperazine rings is 1. The highest BCUT2D eigenvalue weighted by Gasteiger charge is 2.37. The summed E-state index contributed by atoms with van der Waals surface area (Å²) in [6.45, 7) is 2.87. The molecular weight excluding hydrogens is 457 g/mol. The van der Waals surface area contributed by atoms with E-state index in [4.69, 9.17) is 9.47 Å². The number of Topliss-reactive ketones (excluding diaryl/α,β-unsaturated/α-hetero) is 1. The molecular formula is C29H32FN3O3. The Labute approximate surface area is 211 Å². The van der Waals surface area contributed by atoms with Gasteiger partial charge in [-0.3, -0.25) is 9.69 Å². The van der Waals surface area contributed by atoms with Gasteiger partial charge in [0.2, 0.25) is 0 Å². The summed E-state index contributed by atoms with van der Waals surface area (Å²) < 4.78 is 24.4. The van der Waals surface area contributed by atoms with Gasteiger partial charge in [-0.15, -0.1) is 0 Å². The number of rotatable bonds is 7. The topological polar surface area (TPSA) is 54.0 Å². The van der Waals surface area contributed by atoms with Gasteiger partial charge in [0.1, 0.15) is 17.3 Å². The number of halogens is 1. The molecule has 1 N–H and O–H groups in total. The Morgan fingerprint density at radius 1 is 0.972 bits per heavy atom. The fourth-order valence-electron chi connectivity index (χ4n) is 5.38. The van der Waals surface area contributed by atoms with Gasteiger partial charge in [0.15, 0.2) is 5.78 Å². The number of benzene rings is 3. The first-order valence-corrected chi connectivity index (χ1v) is 12.4. The van der Waals surface area contributed by atoms with Crippen molar-refractivity contribution in [1.82, 2.24) is 4.90 Å². The zero-order valence-electron chi connectivity index (χ0n) is 20.7. The molecule has 5 rings (SSSR count). The van der Waals surface area contributed by atoms with Crippen LogP contribution in [0.4, 0.5) is 15.8 Å². The van der Waals surface area contributed by atoms with Crippen molar-refractivity contribution in [2.24, 2.45) is 0 Å². The zero-order chi connectivity index (χ0) is 25.1. The van der Waals surface area contributed by atoms with E-state index < -0.39 is 0 Å². The molecule has 3 aromatic carbocycles. The molecule has 36 heavy (non-hydrogen) atoms. The average Bonchev–Trinajstić information content (AvgIpc) is 2.93. The highest BCUT2D eigenvalue weighted by molar-refractivity contribution is 6.01. The number of nitrogens with one attached hydrogen (secondary N) is 1. The van der Waals surface area contributed by atoms with Crippen molar-refractivity contribution in [2.75, 3.05) is 50.6 Å². The lowest BCUT2D eigenvalue weighted by molar-refractivity contribution is 0.0771. The number of aryl methyl sites for hydroxylation is 1. The predicted octanol–water partition coefficient (Wildman–Crippen LogP) is 4.64. The Morgan fingerprint density at radius 2 is 1.72 bits per heavy atom. The number of carbonyl (C=O) groups excluding carboxylic acids is 1. The number of fused-ring (bicyclic) bond motifs is 1. The van der Waals surface area contributed by atoms with Crippen LogP contribution >= 0.6 is 0 Å². The first-order chi connectivity index (χ1) is 17.6. The van der Waals surface area contributed by atoms with E-state index in [1.807, 2.05) is 30.3 Å². The van der Waals surface area contributed by atoms with Crippen LogP contribution in [0.25, 0.3) is 0 Å². The standard InChI is InChI=1S/C29H32FN3O3/c1-35-23-11-7-21(8-12-23)29(34)28(25-13-9-20-5-3-4-6-24(20)31-25)33-17-15-32(16-18-33)26-14-10-22(30)19-27(26)36-2/h3-8,10-12,14,19,25,28,31H,9,13,15-18H2,1-2H3. The molecule has 0 spiro atoms. The maximum Gasteiger partial charge on any atom is 0.182 e. The van der Waals surface area contributed by atoms with Crippen LogP contribution in [0, 0.1) is 5.82 Å². The van der Waals surface area contributed by atoms with Gasteiger partial charge >= 0.3 is 0 Å². The number of hydrogen-bond acceptors (Lipinski definition) is 6. The molecule has 2 unspecified atom stereocenters. The molecule has 188 valence electrons. The Kier molecular flexibility index (Phi) is 7.09. The summed E-state index contributed by atoms with van der Waals surface area (Å²) in [5.41, 5.74) is 3.96. The van der Waals surface area contributed by atoms with E-state index in [1.54, 1.807) is 20.3 Å². The van der Waals surface area contributed by atoms with Crippen LogP contribution in [0.1, 0.15) is 22.3 Å². The molecule has 2 heterocycles. The number of ether oxygens (including phenoxy) is 2. The van der Waals surface area contributed by atoms with Crippen molar-refractivity contribution in [1.29, 1.82) is 0 Å². The normalized spacial score (nSPS) is 18.6. The predicted molar refractivity (Wildman–Crippen MR) is 140 cm³/mol. The summed E-state index contributed by atoms with van der Waals surface area (Å²) in [5, 5.41) is 3.67. The second-order valence-corrected chi connectivity index (χ2v) is 9.32. The molecule has 0 aromatic heterocycles. The monoisotopic (exact) mass is 489 g/mol. The minimum atomic E-state index is -0.317. The van der Waals surface area contributed by atoms with Crippen LogP contribution in [-0.4, -0.2) is 63.2 Å². The van der Waals surface area contributed by atoms with Crippen molar-refractivity contribution in [2.45, 2.75) is 24.9 Å². The van der Waals surface area contributed by atoms with Gasteiger partial charge in [-0.1, -0.05) is 18.2 Å². The molecule has 2 atom stereocenters. The molecule has 1 fully saturated rings. The smallest absolute Gasteiger partial charge is 0.182 e. The van der Waals surface area contributed by atoms with Gasteiger partial charge in [-0.2, -0.15) is 0 Å². The van der Waals surface area contributed by atoms with Crippen molar-refractivity contribution in [3.63, 3.8) is 0 Å². The van der Waals surface area contributed by atoms with E-state index in [0.29, 0.717) is 24.4 Å². The molecule has 3 aromatic rings. The van der Waals surface area contributed by atoms with Crippen molar-refractivity contribution >= 4 is 17.2 Å². The van der Waals surface area contributed by atoms with Gasteiger partial charge in [0.25, 0.3) is 0 Å². The number of carbonyl (C=O) groups is 1. The maximum atomic E-state index is 13.9. The van der Waals surface area contributed by atoms with E-state index in [-0.39, 0.29) is 23.7 Å². The number of anilines is 2. The van der Waals surface area contributed by atoms with Crippen LogP contribution in [0.15, 0.2) is 66.7 Å². The Morgan fingerprint density at radius 3 is 2.44 bits per heavy atom. The maximum absolute atomic E-state index is 13.9. The summed E-state index contributed by atoms with van der Waals surface area (Å²) in [6, 6.07) is 20.1. The van der Waals surface area contributed by atoms with E-state index >= 15 is 0 Å². The summed E-state index contributed by atoms with van der Waals surface area (Å²) in [7, 11) is 3.18. The van der Waals surface area contributed by atoms with Crippen LogP contribution in [0.3, 0.4) is 0 Å². The summed E-state index contributed by atoms with van der Waals surface area (Å²) >= 11 is 0. The third-order valence-corrected chi connectivity index (χ3v) is 7.30. The average molecular weight is 490 g/mol. The SMILES string of the molecule is COc1ccc(C(=O)C(C2CCc3ccccc3N2)N2CCN(c3ccc(F)cc3OC)CC2)cc1. The lowest BCUT2D eigenvalue weighted by Gasteiger charge is -2.44. The lowest BCUT2D eigenvalue weighted by Crippen LogP contribution is -2.58. The van der Waals surface area contributed by atoms with Crippen LogP contribution in [0.5, 0.6) is 11.5 Å². The van der Waals surface area contributed by atoms with E-state index in [2.05, 4.69) is 33.3 Å². The summed E-state index contributed by atoms with van der Waals surface area (Å²) in [5.74, 6) is 1.06. The highest BCUT2D eigenvalue weighted by Crippen LogP contribution is 2.32. The fourth-order valence-corrected chi connectivity index (χ4v) is 5.38. The second kappa shape index (κ2) is 10.6. The Hall–Kier alpha value is -3.58. The minimum absolute atomic E-state index is 0.00130. The first-order valence-electron chi connectivity index (χ1n) is 12.4. The molecule has 1 saturated heterocycles. The molecule has 6 nitrogen and oxygen atoms in total. The molecule has 0 amide bonds. The number of hydrogen-bond donors (Lipinski definition) is 1. The van der Waals surface area contributed by atoms with Crippen LogP contribution in [-0.2, 0) is 6.42 Å². The zero-order valence-corrected chi connectivity index (χ0v) is 20.7. The molecule has 0 radical (unpaired) electrons. The quantitative estimate of drug-likeness (QED) is 0.488. The fraction of sp³-hybridized carbons (Fsp3) is 0.345. The molecule has 7 heteroatoms. The van der Waals surface area contributed by atoms with Crippen LogP contribution in [0.2, 0.25) is 0 Å². The van der Waals surface area contributed by atoms with Crippen LogP contribution < -0.4 is 19.7 Å². The van der Waals surface area contributed by atoms with Gasteiger partial charge < -0.3 is 19.7 Å². The summed E-state index contributed by atoms with van der Waals surface area (Å²) in [6.07, 6.45) is 1.82. The Balaban J connectivity index is 1.39. The van der Waals surface area contributed by atoms with Crippen molar-refractivity contribution in [3.05, 3.63) is 83.7 Å². The van der Waals surface area contributed by atoms with Gasteiger partial charge in [0.05, 0.1) is 25.9 Å². The number of ketones is 1.